The number of fused-ring (bicyclic) bond motifs is 1. The second-order valence-corrected chi connectivity index (χ2v) is 7.05. The molecule has 0 bridgehead atoms. The van der Waals surface area contributed by atoms with Gasteiger partial charge in [0.25, 0.3) is 0 Å². The first-order valence-corrected chi connectivity index (χ1v) is 7.71. The number of carbonyl (C=O) groups is 2. The number of rotatable bonds is 2. The Kier molecular flexibility index (Phi) is 4.44. The Bertz CT molecular complexity index is 588. The van der Waals surface area contributed by atoms with E-state index >= 15 is 0 Å². The molecule has 0 atom stereocenters. The quantitative estimate of drug-likeness (QED) is 0.881. The van der Waals surface area contributed by atoms with Crippen LogP contribution in [0.15, 0.2) is 18.2 Å². The molecule has 5 nitrogen and oxygen atoms in total. The molecular weight excluding hydrogens is 278 g/mol. The summed E-state index contributed by atoms with van der Waals surface area (Å²) in [5.74, 6) is 0.107. The number of nitrogens with one attached hydrogen (secondary N) is 2. The molecule has 0 aromatic heterocycles. The minimum absolute atomic E-state index is 0.0772. The zero-order chi connectivity index (χ0) is 16.5. The maximum absolute atomic E-state index is 12.5. The molecule has 5 heteroatoms. The molecule has 0 unspecified atom stereocenters. The van der Waals surface area contributed by atoms with Crippen LogP contribution in [0, 0.1) is 5.41 Å². The van der Waals surface area contributed by atoms with Crippen molar-refractivity contribution in [2.45, 2.75) is 47.1 Å². The fourth-order valence-electron chi connectivity index (χ4n) is 2.50. The summed E-state index contributed by atoms with van der Waals surface area (Å²) >= 11 is 0. The number of benzene rings is 1. The third-order valence-electron chi connectivity index (χ3n) is 3.55. The van der Waals surface area contributed by atoms with Gasteiger partial charge in [0, 0.05) is 29.4 Å². The van der Waals surface area contributed by atoms with Crippen LogP contribution in [0.2, 0.25) is 0 Å². The van der Waals surface area contributed by atoms with Crippen LogP contribution in [0.5, 0.6) is 0 Å². The van der Waals surface area contributed by atoms with Crippen LogP contribution in [0.4, 0.5) is 16.2 Å². The Hall–Kier alpha value is -2.04. The van der Waals surface area contributed by atoms with Crippen molar-refractivity contribution < 1.29 is 9.59 Å². The zero-order valence-electron chi connectivity index (χ0n) is 14.0. The van der Waals surface area contributed by atoms with Crippen LogP contribution in [0.1, 0.15) is 40.2 Å². The number of urea groups is 1. The summed E-state index contributed by atoms with van der Waals surface area (Å²) in [6.07, 6.45) is 0.857. The second-order valence-electron chi connectivity index (χ2n) is 7.05. The highest BCUT2D eigenvalue weighted by atomic mass is 16.2. The summed E-state index contributed by atoms with van der Waals surface area (Å²) < 4.78 is 0. The molecule has 0 fully saturated rings. The molecule has 0 saturated heterocycles. The van der Waals surface area contributed by atoms with E-state index in [1.165, 1.54) is 0 Å². The third-order valence-corrected chi connectivity index (χ3v) is 3.55. The molecule has 0 spiro atoms. The van der Waals surface area contributed by atoms with Crippen molar-refractivity contribution in [1.29, 1.82) is 0 Å². The summed E-state index contributed by atoms with van der Waals surface area (Å²) in [5, 5.41) is 5.60. The molecule has 3 amide bonds. The Balaban J connectivity index is 2.20. The maximum Gasteiger partial charge on any atom is 0.319 e. The molecule has 1 aromatic rings. The molecule has 2 rings (SSSR count). The number of nitrogens with zero attached hydrogens (tertiary/aromatic N) is 1. The molecular formula is C17H25N3O2. The van der Waals surface area contributed by atoms with E-state index < -0.39 is 5.41 Å². The molecule has 0 radical (unpaired) electrons. The zero-order valence-corrected chi connectivity index (χ0v) is 14.0. The monoisotopic (exact) mass is 303 g/mol. The fraction of sp³-hybridized carbons (Fsp3) is 0.529. The maximum atomic E-state index is 12.5. The number of amides is 3. The molecule has 1 aliphatic heterocycles. The number of hydrogen-bond donors (Lipinski definition) is 2. The lowest BCUT2D eigenvalue weighted by Gasteiger charge is -2.26. The first-order chi connectivity index (χ1) is 10.2. The van der Waals surface area contributed by atoms with Gasteiger partial charge in [0.15, 0.2) is 0 Å². The van der Waals surface area contributed by atoms with Gasteiger partial charge in [-0.1, -0.05) is 26.8 Å². The summed E-state index contributed by atoms with van der Waals surface area (Å²) in [6, 6.07) is 5.58. The SMILES string of the molecule is CC(C)NC(=O)Nc1ccc2c(c1)N(C(=O)C(C)(C)C)CC2. The first-order valence-electron chi connectivity index (χ1n) is 7.71. The molecule has 2 N–H and O–H groups in total. The molecule has 1 heterocycles. The van der Waals surface area contributed by atoms with Crippen molar-refractivity contribution >= 4 is 23.3 Å². The van der Waals surface area contributed by atoms with Gasteiger partial charge in [0.1, 0.15) is 0 Å². The lowest BCUT2D eigenvalue weighted by molar-refractivity contribution is -0.125. The van der Waals surface area contributed by atoms with E-state index in [0.29, 0.717) is 12.2 Å². The fourth-order valence-corrected chi connectivity index (χ4v) is 2.50. The predicted molar refractivity (Wildman–Crippen MR) is 89.2 cm³/mol. The van der Waals surface area contributed by atoms with Gasteiger partial charge in [-0.05, 0) is 38.0 Å². The lowest BCUT2D eigenvalue weighted by atomic mass is 9.94. The van der Waals surface area contributed by atoms with Crippen molar-refractivity contribution in [2.24, 2.45) is 5.41 Å². The average Bonchev–Trinajstić information content (AvgIpc) is 2.78. The highest BCUT2D eigenvalue weighted by Crippen LogP contribution is 2.33. The standard InChI is InChI=1S/C17H25N3O2/c1-11(2)18-16(22)19-13-7-6-12-8-9-20(14(12)10-13)15(21)17(3,4)5/h6-7,10-11H,8-9H2,1-5H3,(H2,18,19,22). The molecule has 0 aliphatic carbocycles. The van der Waals surface area contributed by atoms with Crippen LogP contribution in [0.25, 0.3) is 0 Å². The molecule has 1 aliphatic rings. The van der Waals surface area contributed by atoms with Crippen molar-refractivity contribution in [2.75, 3.05) is 16.8 Å². The molecule has 0 saturated carbocycles. The van der Waals surface area contributed by atoms with Crippen molar-refractivity contribution in [3.8, 4) is 0 Å². The van der Waals surface area contributed by atoms with E-state index in [1.54, 1.807) is 0 Å². The Morgan fingerprint density at radius 1 is 1.23 bits per heavy atom. The topological polar surface area (TPSA) is 61.4 Å². The van der Waals surface area contributed by atoms with Crippen LogP contribution >= 0.6 is 0 Å². The third kappa shape index (κ3) is 3.59. The van der Waals surface area contributed by atoms with E-state index in [4.69, 9.17) is 0 Å². The Morgan fingerprint density at radius 3 is 2.50 bits per heavy atom. The Morgan fingerprint density at radius 2 is 1.91 bits per heavy atom. The second kappa shape index (κ2) is 5.99. The number of anilines is 2. The smallest absolute Gasteiger partial charge is 0.319 e. The van der Waals surface area contributed by atoms with Crippen LogP contribution in [-0.4, -0.2) is 24.5 Å². The average molecular weight is 303 g/mol. The van der Waals surface area contributed by atoms with Gasteiger partial charge in [-0.15, -0.1) is 0 Å². The van der Waals surface area contributed by atoms with Gasteiger partial charge in [-0.3, -0.25) is 4.79 Å². The molecule has 1 aromatic carbocycles. The largest absolute Gasteiger partial charge is 0.336 e. The minimum atomic E-state index is -0.417. The molecule has 22 heavy (non-hydrogen) atoms. The highest BCUT2D eigenvalue weighted by Gasteiger charge is 2.32. The van der Waals surface area contributed by atoms with Crippen molar-refractivity contribution in [3.05, 3.63) is 23.8 Å². The minimum Gasteiger partial charge on any atom is -0.336 e. The lowest BCUT2D eigenvalue weighted by Crippen LogP contribution is -2.38. The summed E-state index contributed by atoms with van der Waals surface area (Å²) in [5.41, 5.74) is 2.33. The van der Waals surface area contributed by atoms with Gasteiger partial charge in [0.2, 0.25) is 5.91 Å². The highest BCUT2D eigenvalue weighted by molar-refractivity contribution is 6.00. The normalized spacial score (nSPS) is 14.0. The summed E-state index contributed by atoms with van der Waals surface area (Å²) in [6.45, 7) is 10.3. The van der Waals surface area contributed by atoms with Crippen LogP contribution < -0.4 is 15.5 Å². The van der Waals surface area contributed by atoms with E-state index in [-0.39, 0.29) is 18.0 Å². The summed E-state index contributed by atoms with van der Waals surface area (Å²) in [4.78, 5) is 26.2. The van der Waals surface area contributed by atoms with Crippen molar-refractivity contribution in [1.82, 2.24) is 5.32 Å². The number of carbonyl (C=O) groups excluding carboxylic acids is 2. The van der Waals surface area contributed by atoms with Crippen LogP contribution in [0.3, 0.4) is 0 Å². The van der Waals surface area contributed by atoms with Gasteiger partial charge in [-0.2, -0.15) is 0 Å². The summed E-state index contributed by atoms with van der Waals surface area (Å²) in [7, 11) is 0. The van der Waals surface area contributed by atoms with E-state index in [2.05, 4.69) is 10.6 Å². The predicted octanol–water partition coefficient (Wildman–Crippen LogP) is 3.15. The van der Waals surface area contributed by atoms with Gasteiger partial charge in [0.05, 0.1) is 0 Å². The number of hydrogen-bond acceptors (Lipinski definition) is 2. The van der Waals surface area contributed by atoms with Crippen molar-refractivity contribution in [3.63, 3.8) is 0 Å². The van der Waals surface area contributed by atoms with Gasteiger partial charge in [-0.25, -0.2) is 4.79 Å². The van der Waals surface area contributed by atoms with Gasteiger partial charge < -0.3 is 15.5 Å². The molecule has 120 valence electrons. The van der Waals surface area contributed by atoms with Crippen LogP contribution in [-0.2, 0) is 11.2 Å². The van der Waals surface area contributed by atoms with E-state index in [9.17, 15) is 9.59 Å². The van der Waals surface area contributed by atoms with E-state index in [0.717, 1.165) is 17.7 Å². The van der Waals surface area contributed by atoms with E-state index in [1.807, 2.05) is 57.7 Å². The first kappa shape index (κ1) is 16.3. The van der Waals surface area contributed by atoms with Gasteiger partial charge >= 0.3 is 6.03 Å². The Labute approximate surface area is 132 Å².